The lowest BCUT2D eigenvalue weighted by molar-refractivity contribution is -0.143. The van der Waals surface area contributed by atoms with Gasteiger partial charge in [0.2, 0.25) is 0 Å². The van der Waals surface area contributed by atoms with Crippen molar-refractivity contribution >= 4 is 5.91 Å². The van der Waals surface area contributed by atoms with Gasteiger partial charge >= 0.3 is 12.4 Å². The number of benzene rings is 2. The van der Waals surface area contributed by atoms with Gasteiger partial charge in [-0.3, -0.25) is 9.69 Å². The Hall–Kier alpha value is -2.59. The summed E-state index contributed by atoms with van der Waals surface area (Å²) in [4.78, 5) is 16.9. The standard InChI is InChI=1S/C24H24F6N2O2/c25-23(26,27)17-9-16(10-18(11-17)24(28,29)30)22(34)32-13-19-6-7-21(33)14-31(19)12-20(32)8-15-4-2-1-3-5-15/h1-5,9-11,19-21,33H,6-8,12-14H2. The molecule has 34 heavy (non-hydrogen) atoms. The highest BCUT2D eigenvalue weighted by Gasteiger charge is 2.41. The summed E-state index contributed by atoms with van der Waals surface area (Å²) < 4.78 is 80.0. The molecule has 2 fully saturated rings. The van der Waals surface area contributed by atoms with Gasteiger partial charge in [-0.25, -0.2) is 0 Å². The molecule has 3 unspecified atom stereocenters. The van der Waals surface area contributed by atoms with Gasteiger partial charge in [0.05, 0.1) is 17.2 Å². The number of carbonyl (C=O) groups is 1. The van der Waals surface area contributed by atoms with Gasteiger partial charge in [0.25, 0.3) is 5.91 Å². The van der Waals surface area contributed by atoms with Crippen molar-refractivity contribution in [3.63, 3.8) is 0 Å². The largest absolute Gasteiger partial charge is 0.416 e. The third-order valence-corrected chi connectivity index (χ3v) is 6.50. The minimum Gasteiger partial charge on any atom is -0.392 e. The maximum Gasteiger partial charge on any atom is 0.416 e. The van der Waals surface area contributed by atoms with E-state index in [1.54, 1.807) is 0 Å². The first-order valence-electron chi connectivity index (χ1n) is 11.0. The second kappa shape index (κ2) is 9.22. The average Bonchev–Trinajstić information content (AvgIpc) is 2.77. The fourth-order valence-corrected chi connectivity index (χ4v) is 4.81. The summed E-state index contributed by atoms with van der Waals surface area (Å²) in [7, 11) is 0. The number of rotatable bonds is 3. The SMILES string of the molecule is O=C(c1cc(C(F)(F)F)cc(C(F)(F)F)c1)N1CC2CCC(O)CN2CC1Cc1ccccc1. The van der Waals surface area contributed by atoms with E-state index in [-0.39, 0.29) is 18.7 Å². The topological polar surface area (TPSA) is 43.8 Å². The molecule has 4 nitrogen and oxygen atoms in total. The van der Waals surface area contributed by atoms with E-state index in [0.29, 0.717) is 44.5 Å². The number of nitrogens with zero attached hydrogens (tertiary/aromatic N) is 2. The first-order chi connectivity index (χ1) is 15.9. The van der Waals surface area contributed by atoms with Crippen LogP contribution in [0.4, 0.5) is 26.3 Å². The summed E-state index contributed by atoms with van der Waals surface area (Å²) in [5, 5.41) is 10.1. The molecule has 2 aliphatic rings. The van der Waals surface area contributed by atoms with E-state index in [9.17, 15) is 36.2 Å². The van der Waals surface area contributed by atoms with Crippen molar-refractivity contribution in [3.05, 3.63) is 70.8 Å². The third-order valence-electron chi connectivity index (χ3n) is 6.50. The van der Waals surface area contributed by atoms with Crippen LogP contribution in [-0.2, 0) is 18.8 Å². The molecule has 184 valence electrons. The lowest BCUT2D eigenvalue weighted by atomic mass is 9.92. The summed E-state index contributed by atoms with van der Waals surface area (Å²) in [6.07, 6.45) is -9.07. The monoisotopic (exact) mass is 486 g/mol. The van der Waals surface area contributed by atoms with Crippen LogP contribution < -0.4 is 0 Å². The van der Waals surface area contributed by atoms with Crippen molar-refractivity contribution < 1.29 is 36.2 Å². The van der Waals surface area contributed by atoms with E-state index in [0.717, 1.165) is 5.56 Å². The summed E-state index contributed by atoms with van der Waals surface area (Å²) in [6, 6.07) is 9.59. The fraction of sp³-hybridized carbons (Fsp3) is 0.458. The molecule has 2 aliphatic heterocycles. The zero-order valence-electron chi connectivity index (χ0n) is 18.1. The average molecular weight is 486 g/mol. The molecule has 2 heterocycles. The smallest absolute Gasteiger partial charge is 0.392 e. The number of aliphatic hydroxyl groups is 1. The van der Waals surface area contributed by atoms with Crippen molar-refractivity contribution in [2.75, 3.05) is 19.6 Å². The molecule has 0 spiro atoms. The molecule has 0 saturated carbocycles. The van der Waals surface area contributed by atoms with Gasteiger partial charge in [-0.1, -0.05) is 30.3 Å². The van der Waals surface area contributed by atoms with Gasteiger partial charge in [0, 0.05) is 37.3 Å². The molecule has 4 rings (SSSR count). The highest BCUT2D eigenvalue weighted by Crippen LogP contribution is 2.37. The fourth-order valence-electron chi connectivity index (χ4n) is 4.81. The van der Waals surface area contributed by atoms with Crippen LogP contribution >= 0.6 is 0 Å². The van der Waals surface area contributed by atoms with Gasteiger partial charge in [-0.15, -0.1) is 0 Å². The number of halogens is 6. The van der Waals surface area contributed by atoms with Crippen LogP contribution in [0.15, 0.2) is 48.5 Å². The Bertz CT molecular complexity index is 992. The Morgan fingerprint density at radius 1 is 0.882 bits per heavy atom. The van der Waals surface area contributed by atoms with Crippen LogP contribution in [0.25, 0.3) is 0 Å². The van der Waals surface area contributed by atoms with Crippen LogP contribution in [0.5, 0.6) is 0 Å². The molecule has 2 aromatic carbocycles. The molecule has 0 bridgehead atoms. The van der Waals surface area contributed by atoms with E-state index in [2.05, 4.69) is 4.90 Å². The first kappa shape index (κ1) is 24.5. The van der Waals surface area contributed by atoms with Crippen LogP contribution in [0.2, 0.25) is 0 Å². The second-order valence-corrected chi connectivity index (χ2v) is 8.93. The van der Waals surface area contributed by atoms with E-state index in [1.807, 2.05) is 30.3 Å². The lowest BCUT2D eigenvalue weighted by Crippen LogP contribution is -2.63. The molecule has 1 amide bonds. The van der Waals surface area contributed by atoms with E-state index in [1.165, 1.54) is 4.90 Å². The highest BCUT2D eigenvalue weighted by molar-refractivity contribution is 5.95. The molecular formula is C24H24F6N2O2. The van der Waals surface area contributed by atoms with E-state index in [4.69, 9.17) is 0 Å². The summed E-state index contributed by atoms with van der Waals surface area (Å²) in [6.45, 7) is 0.952. The predicted octanol–water partition coefficient (Wildman–Crippen LogP) is 4.62. The number of hydrogen-bond donors (Lipinski definition) is 1. The van der Waals surface area contributed by atoms with E-state index < -0.39 is 47.1 Å². The quantitative estimate of drug-likeness (QED) is 0.645. The predicted molar refractivity (Wildman–Crippen MR) is 112 cm³/mol. The summed E-state index contributed by atoms with van der Waals surface area (Å²) in [5.74, 6) is -0.858. The molecule has 2 saturated heterocycles. The normalized spacial score (nSPS) is 24.1. The van der Waals surface area contributed by atoms with Crippen molar-refractivity contribution in [2.45, 2.75) is 49.8 Å². The van der Waals surface area contributed by atoms with Gasteiger partial charge < -0.3 is 10.0 Å². The summed E-state index contributed by atoms with van der Waals surface area (Å²) in [5.41, 5.74) is -2.76. The third kappa shape index (κ3) is 5.38. The second-order valence-electron chi connectivity index (χ2n) is 8.93. The van der Waals surface area contributed by atoms with Crippen LogP contribution in [0.3, 0.4) is 0 Å². The minimum absolute atomic E-state index is 0.0265. The number of fused-ring (bicyclic) bond motifs is 1. The molecule has 0 aliphatic carbocycles. The maximum absolute atomic E-state index is 13.4. The molecule has 1 N–H and O–H groups in total. The Labute approximate surface area is 192 Å². The molecular weight excluding hydrogens is 462 g/mol. The van der Waals surface area contributed by atoms with Crippen LogP contribution in [0.1, 0.15) is 39.9 Å². The summed E-state index contributed by atoms with van der Waals surface area (Å²) >= 11 is 0. The van der Waals surface area contributed by atoms with Crippen molar-refractivity contribution in [3.8, 4) is 0 Å². The van der Waals surface area contributed by atoms with Gasteiger partial charge in [0.1, 0.15) is 0 Å². The van der Waals surface area contributed by atoms with Crippen molar-refractivity contribution in [1.82, 2.24) is 9.80 Å². The molecule has 10 heteroatoms. The van der Waals surface area contributed by atoms with Crippen LogP contribution in [-0.4, -0.2) is 58.6 Å². The molecule has 0 aromatic heterocycles. The Balaban J connectivity index is 1.70. The molecule has 3 atom stereocenters. The Morgan fingerprint density at radius 3 is 2.09 bits per heavy atom. The Morgan fingerprint density at radius 2 is 1.50 bits per heavy atom. The zero-order chi connectivity index (χ0) is 24.7. The first-order valence-corrected chi connectivity index (χ1v) is 11.0. The van der Waals surface area contributed by atoms with E-state index >= 15 is 0 Å². The lowest BCUT2D eigenvalue weighted by Gasteiger charge is -2.49. The Kier molecular flexibility index (Phi) is 6.65. The van der Waals surface area contributed by atoms with Gasteiger partial charge in [-0.05, 0) is 43.0 Å². The number of piperazine rings is 1. The van der Waals surface area contributed by atoms with Crippen molar-refractivity contribution in [1.29, 1.82) is 0 Å². The number of aliphatic hydroxyl groups excluding tert-OH is 1. The molecule has 0 radical (unpaired) electrons. The number of hydrogen-bond acceptors (Lipinski definition) is 3. The molecule has 2 aromatic rings. The maximum atomic E-state index is 13.4. The zero-order valence-corrected chi connectivity index (χ0v) is 18.1. The number of amides is 1. The van der Waals surface area contributed by atoms with Gasteiger partial charge in [0.15, 0.2) is 0 Å². The van der Waals surface area contributed by atoms with Gasteiger partial charge in [-0.2, -0.15) is 26.3 Å². The number of alkyl halides is 6. The minimum atomic E-state index is -5.03. The van der Waals surface area contributed by atoms with Crippen LogP contribution in [0, 0.1) is 0 Å². The number of piperidine rings is 1. The number of carbonyl (C=O) groups excluding carboxylic acids is 1. The highest BCUT2D eigenvalue weighted by atomic mass is 19.4. The van der Waals surface area contributed by atoms with Crippen molar-refractivity contribution in [2.24, 2.45) is 0 Å².